The molecule has 1 N–H and O–H groups in total. The van der Waals surface area contributed by atoms with Crippen molar-refractivity contribution in [2.24, 2.45) is 5.16 Å². The third kappa shape index (κ3) is 9.88. The summed E-state index contributed by atoms with van der Waals surface area (Å²) in [4.78, 5) is 19.4. The molecule has 1 aromatic heterocycles. The summed E-state index contributed by atoms with van der Waals surface area (Å²) in [6.45, 7) is 13.8. The molecule has 0 spiro atoms. The Kier molecular flexibility index (Phi) is 12.0. The minimum atomic E-state index is -0.833. The number of rotatable bonds is 6. The van der Waals surface area contributed by atoms with Gasteiger partial charge in [0.2, 0.25) is 0 Å². The van der Waals surface area contributed by atoms with Crippen LogP contribution in [0.25, 0.3) is 11.3 Å². The Hall–Kier alpha value is -3.99. The van der Waals surface area contributed by atoms with E-state index >= 15 is 0 Å². The summed E-state index contributed by atoms with van der Waals surface area (Å²) < 4.78 is 0. The van der Waals surface area contributed by atoms with E-state index in [4.69, 9.17) is 14.7 Å². The molecular weight excluding hydrogens is 460 g/mol. The topological polar surface area (TPSA) is 71.8 Å². The van der Waals surface area contributed by atoms with Gasteiger partial charge in [-0.05, 0) is 61.1 Å². The van der Waals surface area contributed by atoms with Gasteiger partial charge in [0.25, 0.3) is 5.97 Å². The molecule has 2 aromatic carbocycles. The predicted octanol–water partition coefficient (Wildman–Crippen LogP) is 8.02. The largest absolute Gasteiger partial charge is 0.481 e. The average Bonchev–Trinajstić information content (AvgIpc) is 2.89. The van der Waals surface area contributed by atoms with Crippen molar-refractivity contribution in [2.45, 2.75) is 60.3 Å². The predicted molar refractivity (Wildman–Crippen MR) is 153 cm³/mol. The van der Waals surface area contributed by atoms with Crippen molar-refractivity contribution in [3.63, 3.8) is 0 Å². The van der Waals surface area contributed by atoms with Gasteiger partial charge >= 0.3 is 0 Å². The van der Waals surface area contributed by atoms with Gasteiger partial charge in [-0.25, -0.2) is 0 Å². The molecule has 194 valence electrons. The van der Waals surface area contributed by atoms with Crippen LogP contribution in [0.2, 0.25) is 0 Å². The van der Waals surface area contributed by atoms with Crippen LogP contribution in [-0.2, 0) is 16.1 Å². The first-order valence-corrected chi connectivity index (χ1v) is 12.6. The molecule has 0 radical (unpaired) electrons. The van der Waals surface area contributed by atoms with Crippen molar-refractivity contribution in [3.8, 4) is 0 Å². The number of nitrogens with zero attached hydrogens (tertiary/aromatic N) is 2. The quantitative estimate of drug-likeness (QED) is 0.373. The Morgan fingerprint density at radius 2 is 1.57 bits per heavy atom. The molecule has 0 unspecified atom stereocenters. The first-order valence-electron chi connectivity index (χ1n) is 12.6. The van der Waals surface area contributed by atoms with E-state index in [1.165, 1.54) is 23.1 Å². The molecule has 2 heterocycles. The Labute approximate surface area is 221 Å². The van der Waals surface area contributed by atoms with E-state index < -0.39 is 5.97 Å². The third-order valence-corrected chi connectivity index (χ3v) is 5.40. The van der Waals surface area contributed by atoms with Crippen LogP contribution >= 0.6 is 0 Å². The zero-order valence-electron chi connectivity index (χ0n) is 22.6. The molecule has 0 atom stereocenters. The van der Waals surface area contributed by atoms with E-state index in [1.807, 2.05) is 6.07 Å². The van der Waals surface area contributed by atoms with Gasteiger partial charge in [0, 0.05) is 19.5 Å². The molecule has 5 heteroatoms. The minimum Gasteiger partial charge on any atom is -0.481 e. The lowest BCUT2D eigenvalue weighted by molar-refractivity contribution is -0.134. The average molecular weight is 499 g/mol. The molecule has 1 aliphatic heterocycles. The van der Waals surface area contributed by atoms with Crippen LogP contribution < -0.4 is 0 Å². The van der Waals surface area contributed by atoms with Crippen LogP contribution in [-0.4, -0.2) is 21.8 Å². The van der Waals surface area contributed by atoms with Gasteiger partial charge in [-0.3, -0.25) is 9.78 Å². The first kappa shape index (κ1) is 29.2. The van der Waals surface area contributed by atoms with E-state index in [0.29, 0.717) is 0 Å². The lowest BCUT2D eigenvalue weighted by Crippen LogP contribution is -2.08. The molecule has 0 aliphatic carbocycles. The molecule has 0 saturated heterocycles. The maximum atomic E-state index is 9.00. The zero-order chi connectivity index (χ0) is 27.2. The summed E-state index contributed by atoms with van der Waals surface area (Å²) in [6.07, 6.45) is 7.57. The monoisotopic (exact) mass is 498 g/mol. The van der Waals surface area contributed by atoms with Crippen molar-refractivity contribution in [2.75, 3.05) is 0 Å². The van der Waals surface area contributed by atoms with E-state index in [0.717, 1.165) is 60.1 Å². The van der Waals surface area contributed by atoms with Crippen LogP contribution in [0.4, 0.5) is 0 Å². The lowest BCUT2D eigenvalue weighted by atomic mass is 9.97. The zero-order valence-corrected chi connectivity index (χ0v) is 22.6. The van der Waals surface area contributed by atoms with Crippen molar-refractivity contribution >= 4 is 23.0 Å². The minimum absolute atomic E-state index is 0.724. The maximum Gasteiger partial charge on any atom is 0.300 e. The molecule has 3 aromatic rings. The van der Waals surface area contributed by atoms with Gasteiger partial charge in [0.05, 0.1) is 5.71 Å². The number of pyridine rings is 1. The summed E-state index contributed by atoms with van der Waals surface area (Å²) in [5, 5.41) is 11.8. The van der Waals surface area contributed by atoms with Gasteiger partial charge in [0.15, 0.2) is 5.76 Å². The van der Waals surface area contributed by atoms with E-state index in [1.54, 1.807) is 6.20 Å². The molecule has 0 fully saturated rings. The SMILES string of the molecule is C=C(CCc1cccnc1C1=CCC(c2ccc(C)cc2)=NO1)c1ccc(C)cc1.CC(=O)O.CCC. The first-order chi connectivity index (χ1) is 17.7. The highest BCUT2D eigenvalue weighted by Crippen LogP contribution is 2.26. The van der Waals surface area contributed by atoms with Crippen molar-refractivity contribution in [1.82, 2.24) is 4.98 Å². The summed E-state index contributed by atoms with van der Waals surface area (Å²) >= 11 is 0. The maximum absolute atomic E-state index is 9.00. The van der Waals surface area contributed by atoms with Gasteiger partial charge in [0.1, 0.15) is 5.69 Å². The van der Waals surface area contributed by atoms with E-state index in [2.05, 4.69) is 105 Å². The molecule has 5 nitrogen and oxygen atoms in total. The number of hydrogen-bond acceptors (Lipinski definition) is 4. The van der Waals surface area contributed by atoms with Crippen molar-refractivity contribution in [1.29, 1.82) is 0 Å². The highest BCUT2D eigenvalue weighted by Gasteiger charge is 2.17. The molecule has 0 saturated carbocycles. The second kappa shape index (κ2) is 15.2. The molecule has 4 rings (SSSR count). The number of aromatic nitrogens is 1. The Morgan fingerprint density at radius 3 is 2.11 bits per heavy atom. The standard InChI is InChI=1S/C27H26N2O.C3H8.C2H4O2/c1-19-6-11-22(12-7-19)21(3)10-15-24-5-4-18-28-27(24)26-17-16-25(29-30-26)23-13-8-20(2)9-14-23;1-3-2;1-2(3)4/h4-9,11-14,17-18H,3,10,15-16H2,1-2H3;3H2,1-2H3;1H3,(H,3,4). The Bertz CT molecular complexity index is 1220. The molecule has 37 heavy (non-hydrogen) atoms. The molecule has 1 aliphatic rings. The molecule has 0 bridgehead atoms. The summed E-state index contributed by atoms with van der Waals surface area (Å²) in [5.74, 6) is -0.109. The smallest absolute Gasteiger partial charge is 0.300 e. The lowest BCUT2D eigenvalue weighted by Gasteiger charge is -2.15. The number of allylic oxidation sites excluding steroid dienone is 2. The highest BCUT2D eigenvalue weighted by molar-refractivity contribution is 6.02. The van der Waals surface area contributed by atoms with Crippen LogP contribution in [0, 0.1) is 13.8 Å². The van der Waals surface area contributed by atoms with Crippen molar-refractivity contribution in [3.05, 3.63) is 113 Å². The van der Waals surface area contributed by atoms with Crippen LogP contribution in [0.5, 0.6) is 0 Å². The van der Waals surface area contributed by atoms with Gasteiger partial charge in [-0.1, -0.05) is 97.7 Å². The van der Waals surface area contributed by atoms with Gasteiger partial charge < -0.3 is 9.94 Å². The van der Waals surface area contributed by atoms with Crippen LogP contribution in [0.15, 0.2) is 84.7 Å². The third-order valence-electron chi connectivity index (χ3n) is 5.40. The number of aliphatic carboxylic acids is 1. The normalized spacial score (nSPS) is 11.9. The van der Waals surface area contributed by atoms with E-state index in [9.17, 15) is 0 Å². The second-order valence-electron chi connectivity index (χ2n) is 8.97. The number of benzene rings is 2. The number of oxime groups is 1. The van der Waals surface area contributed by atoms with E-state index in [-0.39, 0.29) is 0 Å². The molecule has 0 amide bonds. The van der Waals surface area contributed by atoms with Crippen molar-refractivity contribution < 1.29 is 14.7 Å². The number of carboxylic acids is 1. The summed E-state index contributed by atoms with van der Waals surface area (Å²) in [5.41, 5.74) is 8.84. The Balaban J connectivity index is 0.000000616. The fraction of sp³-hybridized carbons (Fsp3) is 0.281. The summed E-state index contributed by atoms with van der Waals surface area (Å²) in [7, 11) is 0. The fourth-order valence-corrected chi connectivity index (χ4v) is 3.51. The van der Waals surface area contributed by atoms with Crippen LogP contribution in [0.1, 0.15) is 73.5 Å². The second-order valence-corrected chi connectivity index (χ2v) is 8.97. The Morgan fingerprint density at radius 1 is 1.00 bits per heavy atom. The number of hydrogen-bond donors (Lipinski definition) is 1. The van der Waals surface area contributed by atoms with Crippen LogP contribution in [0.3, 0.4) is 0 Å². The van der Waals surface area contributed by atoms with Gasteiger partial charge in [-0.15, -0.1) is 0 Å². The fourth-order valence-electron chi connectivity index (χ4n) is 3.51. The number of aryl methyl sites for hydroxylation is 3. The number of carboxylic acid groups (broad SMARTS) is 1. The molecular formula is C32H38N2O3. The van der Waals surface area contributed by atoms with Gasteiger partial charge in [-0.2, -0.15) is 0 Å². The number of carbonyl (C=O) groups is 1. The highest BCUT2D eigenvalue weighted by atomic mass is 16.6. The summed E-state index contributed by atoms with van der Waals surface area (Å²) in [6, 6.07) is 20.9.